The highest BCUT2D eigenvalue weighted by Crippen LogP contribution is 2.31. The van der Waals surface area contributed by atoms with Crippen molar-refractivity contribution in [1.29, 1.82) is 0 Å². The summed E-state index contributed by atoms with van der Waals surface area (Å²) in [5.74, 6) is 0. The molecule has 0 spiro atoms. The number of hydrogen-bond donors (Lipinski definition) is 1. The number of benzene rings is 1. The number of hydrogen-bond acceptors (Lipinski definition) is 3. The van der Waals surface area contributed by atoms with Gasteiger partial charge in [-0.1, -0.05) is 24.3 Å². The van der Waals surface area contributed by atoms with Gasteiger partial charge in [0.2, 0.25) is 0 Å². The van der Waals surface area contributed by atoms with Crippen LogP contribution in [0.4, 0.5) is 0 Å². The second-order valence-corrected chi connectivity index (χ2v) is 6.95. The van der Waals surface area contributed by atoms with Gasteiger partial charge >= 0.3 is 0 Å². The molecule has 2 heterocycles. The van der Waals surface area contributed by atoms with Gasteiger partial charge in [0.15, 0.2) is 0 Å². The molecule has 0 unspecified atom stereocenters. The molecule has 20 heavy (non-hydrogen) atoms. The van der Waals surface area contributed by atoms with Crippen LogP contribution in [0.25, 0.3) is 0 Å². The Morgan fingerprint density at radius 2 is 2.00 bits per heavy atom. The second-order valence-electron chi connectivity index (χ2n) is 5.92. The van der Waals surface area contributed by atoms with E-state index in [4.69, 9.17) is 0 Å². The maximum absolute atomic E-state index is 3.43. The van der Waals surface area contributed by atoms with Crippen LogP contribution in [0.3, 0.4) is 0 Å². The molecule has 0 radical (unpaired) electrons. The van der Waals surface area contributed by atoms with Crippen LogP contribution in [0.2, 0.25) is 0 Å². The van der Waals surface area contributed by atoms with Crippen molar-refractivity contribution in [2.45, 2.75) is 45.1 Å². The Morgan fingerprint density at radius 3 is 2.80 bits per heavy atom. The van der Waals surface area contributed by atoms with Crippen molar-refractivity contribution in [2.24, 2.45) is 0 Å². The molecule has 1 N–H and O–H groups in total. The summed E-state index contributed by atoms with van der Waals surface area (Å²) in [6, 6.07) is 12.2. The summed E-state index contributed by atoms with van der Waals surface area (Å²) in [4.78, 5) is 4.13. The van der Waals surface area contributed by atoms with Crippen molar-refractivity contribution in [1.82, 2.24) is 10.2 Å². The molecule has 3 heteroatoms. The molecule has 2 aliphatic rings. The van der Waals surface area contributed by atoms with E-state index in [1.807, 2.05) is 11.3 Å². The molecule has 1 aliphatic carbocycles. The second kappa shape index (κ2) is 5.32. The lowest BCUT2D eigenvalue weighted by Gasteiger charge is -2.21. The fourth-order valence-electron chi connectivity index (χ4n) is 3.04. The molecule has 0 atom stereocenters. The smallest absolute Gasteiger partial charge is 0.0334 e. The maximum Gasteiger partial charge on any atom is 0.0334 e. The van der Waals surface area contributed by atoms with Crippen LogP contribution >= 0.6 is 11.3 Å². The van der Waals surface area contributed by atoms with E-state index in [1.54, 1.807) is 0 Å². The standard InChI is InChI=1S/C17H20N2S/c1-2-17(20-7-1)12-19(16-5-6-16)11-13-3-4-14-9-18-10-15(14)8-13/h1-4,7-8,16,18H,5-6,9-12H2. The van der Waals surface area contributed by atoms with E-state index in [0.29, 0.717) is 0 Å². The Morgan fingerprint density at radius 1 is 1.10 bits per heavy atom. The van der Waals surface area contributed by atoms with Crippen LogP contribution in [0.15, 0.2) is 35.7 Å². The van der Waals surface area contributed by atoms with Gasteiger partial charge in [0.1, 0.15) is 0 Å². The molecule has 0 amide bonds. The summed E-state index contributed by atoms with van der Waals surface area (Å²) in [7, 11) is 0. The Labute approximate surface area is 124 Å². The number of rotatable bonds is 5. The first-order valence-corrected chi connectivity index (χ1v) is 8.34. The Kier molecular flexibility index (Phi) is 3.34. The number of nitrogens with one attached hydrogen (secondary N) is 1. The number of nitrogens with zero attached hydrogens (tertiary/aromatic N) is 1. The maximum atomic E-state index is 3.43. The third-order valence-corrected chi connectivity index (χ3v) is 5.15. The predicted octanol–water partition coefficient (Wildman–Crippen LogP) is 3.52. The van der Waals surface area contributed by atoms with E-state index < -0.39 is 0 Å². The largest absolute Gasteiger partial charge is 0.309 e. The van der Waals surface area contributed by atoms with E-state index in [9.17, 15) is 0 Å². The first-order valence-electron chi connectivity index (χ1n) is 7.46. The quantitative estimate of drug-likeness (QED) is 0.904. The topological polar surface area (TPSA) is 15.3 Å². The molecule has 1 fully saturated rings. The molecule has 104 valence electrons. The third kappa shape index (κ3) is 2.66. The molecule has 2 aromatic rings. The lowest BCUT2D eigenvalue weighted by Crippen LogP contribution is -2.24. The molecule has 1 aromatic carbocycles. The van der Waals surface area contributed by atoms with Crippen molar-refractivity contribution in [3.05, 3.63) is 57.3 Å². The average molecular weight is 284 g/mol. The Hall–Kier alpha value is -1.16. The Balaban J connectivity index is 1.50. The predicted molar refractivity (Wildman–Crippen MR) is 83.6 cm³/mol. The van der Waals surface area contributed by atoms with Crippen molar-refractivity contribution in [2.75, 3.05) is 0 Å². The zero-order valence-corrected chi connectivity index (χ0v) is 12.5. The van der Waals surface area contributed by atoms with Crippen molar-refractivity contribution >= 4 is 11.3 Å². The monoisotopic (exact) mass is 284 g/mol. The van der Waals surface area contributed by atoms with Crippen LogP contribution < -0.4 is 5.32 Å². The van der Waals surface area contributed by atoms with Gasteiger partial charge in [-0.2, -0.15) is 0 Å². The minimum Gasteiger partial charge on any atom is -0.309 e. The first-order chi connectivity index (χ1) is 9.88. The van der Waals surface area contributed by atoms with Crippen molar-refractivity contribution in [3.63, 3.8) is 0 Å². The summed E-state index contributed by atoms with van der Waals surface area (Å²) in [6.07, 6.45) is 2.75. The molecular weight excluding hydrogens is 264 g/mol. The van der Waals surface area contributed by atoms with Gasteiger partial charge in [-0.3, -0.25) is 4.90 Å². The molecule has 1 aromatic heterocycles. The molecule has 2 nitrogen and oxygen atoms in total. The van der Waals surface area contributed by atoms with Gasteiger partial charge in [0, 0.05) is 37.1 Å². The zero-order valence-electron chi connectivity index (χ0n) is 11.6. The number of fused-ring (bicyclic) bond motifs is 1. The Bertz CT molecular complexity index is 587. The van der Waals surface area contributed by atoms with Crippen molar-refractivity contribution in [3.8, 4) is 0 Å². The summed E-state index contributed by atoms with van der Waals surface area (Å²) in [5, 5.41) is 5.61. The van der Waals surface area contributed by atoms with Crippen LogP contribution in [-0.4, -0.2) is 10.9 Å². The summed E-state index contributed by atoms with van der Waals surface area (Å²) >= 11 is 1.88. The van der Waals surface area contributed by atoms with Gasteiger partial charge < -0.3 is 5.32 Å². The summed E-state index contributed by atoms with van der Waals surface area (Å²) in [5.41, 5.74) is 4.44. The SMILES string of the molecule is c1csc(CN(Cc2ccc3c(c2)CNC3)C2CC2)c1. The summed E-state index contributed by atoms with van der Waals surface area (Å²) < 4.78 is 0. The summed E-state index contributed by atoms with van der Waals surface area (Å²) in [6.45, 7) is 4.28. The fourth-order valence-corrected chi connectivity index (χ4v) is 3.77. The molecule has 1 saturated carbocycles. The van der Waals surface area contributed by atoms with E-state index >= 15 is 0 Å². The zero-order chi connectivity index (χ0) is 13.4. The lowest BCUT2D eigenvalue weighted by molar-refractivity contribution is 0.248. The van der Waals surface area contributed by atoms with Crippen LogP contribution in [-0.2, 0) is 26.2 Å². The van der Waals surface area contributed by atoms with E-state index in [-0.39, 0.29) is 0 Å². The highest BCUT2D eigenvalue weighted by Gasteiger charge is 2.29. The molecule has 1 aliphatic heterocycles. The highest BCUT2D eigenvalue weighted by atomic mass is 32.1. The third-order valence-electron chi connectivity index (χ3n) is 4.29. The van der Waals surface area contributed by atoms with E-state index in [0.717, 1.165) is 32.2 Å². The lowest BCUT2D eigenvalue weighted by atomic mass is 10.1. The molecule has 4 rings (SSSR count). The van der Waals surface area contributed by atoms with Gasteiger partial charge in [0.05, 0.1) is 0 Å². The van der Waals surface area contributed by atoms with E-state index in [2.05, 4.69) is 45.9 Å². The fraction of sp³-hybridized carbons (Fsp3) is 0.412. The molecule has 0 saturated heterocycles. The van der Waals surface area contributed by atoms with E-state index in [1.165, 1.54) is 34.4 Å². The van der Waals surface area contributed by atoms with Gasteiger partial charge in [-0.15, -0.1) is 11.3 Å². The minimum atomic E-state index is 0.809. The normalized spacial score (nSPS) is 17.6. The van der Waals surface area contributed by atoms with Gasteiger partial charge in [-0.25, -0.2) is 0 Å². The van der Waals surface area contributed by atoms with Gasteiger partial charge in [-0.05, 0) is 41.0 Å². The molecular formula is C17H20N2S. The molecule has 0 bridgehead atoms. The van der Waals surface area contributed by atoms with Crippen LogP contribution in [0, 0.1) is 0 Å². The highest BCUT2D eigenvalue weighted by molar-refractivity contribution is 7.09. The number of thiophene rings is 1. The van der Waals surface area contributed by atoms with Crippen molar-refractivity contribution < 1.29 is 0 Å². The first kappa shape index (κ1) is 12.6. The average Bonchev–Trinajstić information content (AvgIpc) is 2.99. The van der Waals surface area contributed by atoms with Gasteiger partial charge in [0.25, 0.3) is 0 Å². The minimum absolute atomic E-state index is 0.809. The van der Waals surface area contributed by atoms with Crippen LogP contribution in [0.1, 0.15) is 34.4 Å². The van der Waals surface area contributed by atoms with Crippen LogP contribution in [0.5, 0.6) is 0 Å².